The van der Waals surface area contributed by atoms with Crippen molar-refractivity contribution in [3.63, 3.8) is 0 Å². The molecule has 0 aliphatic carbocycles. The van der Waals surface area contributed by atoms with Gasteiger partial charge in [0.1, 0.15) is 0 Å². The van der Waals surface area contributed by atoms with Crippen molar-refractivity contribution in [1.29, 1.82) is 0 Å². The molecule has 0 radical (unpaired) electrons. The van der Waals surface area contributed by atoms with E-state index in [4.69, 9.17) is 9.47 Å². The summed E-state index contributed by atoms with van der Waals surface area (Å²) >= 11 is 0. The van der Waals surface area contributed by atoms with Gasteiger partial charge in [0.25, 0.3) is 0 Å². The first-order chi connectivity index (χ1) is 5.36. The van der Waals surface area contributed by atoms with Crippen molar-refractivity contribution in [2.24, 2.45) is 0 Å². The molecule has 1 heterocycles. The molecule has 0 saturated carbocycles. The summed E-state index contributed by atoms with van der Waals surface area (Å²) in [5.41, 5.74) is 0.0233. The first kappa shape index (κ1) is 9.96. The highest BCUT2D eigenvalue weighted by molar-refractivity contribution is 4.86. The molecule has 3 heteroatoms. The molecule has 0 unspecified atom stereocenters. The van der Waals surface area contributed by atoms with E-state index in [-0.39, 0.29) is 5.54 Å². The molecule has 1 rings (SSSR count). The van der Waals surface area contributed by atoms with Gasteiger partial charge >= 0.3 is 0 Å². The van der Waals surface area contributed by atoms with Crippen LogP contribution in [0.2, 0.25) is 0 Å². The van der Waals surface area contributed by atoms with Crippen molar-refractivity contribution in [3.05, 3.63) is 0 Å². The lowest BCUT2D eigenvalue weighted by molar-refractivity contribution is -0.280. The predicted molar refractivity (Wildman–Crippen MR) is 48.1 cm³/mol. The van der Waals surface area contributed by atoms with Crippen molar-refractivity contribution in [3.8, 4) is 0 Å². The van der Waals surface area contributed by atoms with Crippen LogP contribution in [-0.2, 0) is 9.47 Å². The highest BCUT2D eigenvalue weighted by Gasteiger charge is 2.37. The molecular weight excluding hydrogens is 154 g/mol. The molecule has 1 saturated heterocycles. The molecule has 1 aliphatic heterocycles. The van der Waals surface area contributed by atoms with E-state index in [1.54, 1.807) is 0 Å². The summed E-state index contributed by atoms with van der Waals surface area (Å²) < 4.78 is 11.2. The van der Waals surface area contributed by atoms with Gasteiger partial charge in [-0.05, 0) is 34.9 Å². The zero-order chi connectivity index (χ0) is 9.41. The standard InChI is InChI=1S/C9H19NO2/c1-8(2)11-6-9(3,7-12-8)10(4)5/h6-7H2,1-5H3. The van der Waals surface area contributed by atoms with Crippen molar-refractivity contribution in [2.75, 3.05) is 27.3 Å². The second kappa shape index (κ2) is 2.98. The number of hydrogen-bond donors (Lipinski definition) is 0. The van der Waals surface area contributed by atoms with Gasteiger partial charge < -0.3 is 9.47 Å². The van der Waals surface area contributed by atoms with E-state index in [2.05, 4.69) is 11.8 Å². The minimum Gasteiger partial charge on any atom is -0.349 e. The summed E-state index contributed by atoms with van der Waals surface area (Å²) in [5, 5.41) is 0. The molecular formula is C9H19NO2. The van der Waals surface area contributed by atoms with E-state index in [1.165, 1.54) is 0 Å². The molecule has 1 aliphatic rings. The summed E-state index contributed by atoms with van der Waals surface area (Å²) in [6.45, 7) is 7.49. The van der Waals surface area contributed by atoms with Crippen LogP contribution in [0.25, 0.3) is 0 Å². The molecule has 1 fully saturated rings. The van der Waals surface area contributed by atoms with Gasteiger partial charge in [-0.15, -0.1) is 0 Å². The maximum atomic E-state index is 5.58. The van der Waals surface area contributed by atoms with Crippen LogP contribution in [0.3, 0.4) is 0 Å². The minimum atomic E-state index is -0.407. The highest BCUT2D eigenvalue weighted by Crippen LogP contribution is 2.25. The van der Waals surface area contributed by atoms with Crippen molar-refractivity contribution in [1.82, 2.24) is 4.90 Å². The lowest BCUT2D eigenvalue weighted by atomic mass is 10.0. The summed E-state index contributed by atoms with van der Waals surface area (Å²) in [7, 11) is 4.09. The van der Waals surface area contributed by atoms with E-state index in [9.17, 15) is 0 Å². The SMILES string of the molecule is CN(C)C1(C)COC(C)(C)OC1. The Bertz CT molecular complexity index is 156. The second-order valence-electron chi connectivity index (χ2n) is 4.37. The largest absolute Gasteiger partial charge is 0.349 e. The van der Waals surface area contributed by atoms with Gasteiger partial charge in [-0.2, -0.15) is 0 Å². The monoisotopic (exact) mass is 173 g/mol. The van der Waals surface area contributed by atoms with Gasteiger partial charge in [-0.3, -0.25) is 4.90 Å². The normalized spacial score (nSPS) is 27.5. The zero-order valence-corrected chi connectivity index (χ0v) is 8.68. The van der Waals surface area contributed by atoms with Crippen LogP contribution >= 0.6 is 0 Å². The third-order valence-electron chi connectivity index (χ3n) is 2.54. The van der Waals surface area contributed by atoms with Crippen molar-refractivity contribution >= 4 is 0 Å². The Morgan fingerprint density at radius 2 is 1.42 bits per heavy atom. The summed E-state index contributed by atoms with van der Waals surface area (Å²) in [6.07, 6.45) is 0. The maximum Gasteiger partial charge on any atom is 0.162 e. The Hall–Kier alpha value is -0.120. The quantitative estimate of drug-likeness (QED) is 0.592. The van der Waals surface area contributed by atoms with Gasteiger partial charge in [-0.1, -0.05) is 0 Å². The maximum absolute atomic E-state index is 5.58. The van der Waals surface area contributed by atoms with Crippen LogP contribution < -0.4 is 0 Å². The Morgan fingerprint density at radius 3 is 1.75 bits per heavy atom. The van der Waals surface area contributed by atoms with E-state index in [1.807, 2.05) is 27.9 Å². The average molecular weight is 173 g/mol. The smallest absolute Gasteiger partial charge is 0.162 e. The third-order valence-corrected chi connectivity index (χ3v) is 2.54. The number of nitrogens with zero attached hydrogens (tertiary/aromatic N) is 1. The number of ether oxygens (including phenoxy) is 2. The van der Waals surface area contributed by atoms with Gasteiger partial charge in [-0.25, -0.2) is 0 Å². The van der Waals surface area contributed by atoms with Gasteiger partial charge in [0, 0.05) is 0 Å². The van der Waals surface area contributed by atoms with Crippen LogP contribution in [0.4, 0.5) is 0 Å². The molecule has 0 aromatic heterocycles. The number of hydrogen-bond acceptors (Lipinski definition) is 3. The van der Waals surface area contributed by atoms with Gasteiger partial charge in [0.15, 0.2) is 5.79 Å². The molecule has 3 nitrogen and oxygen atoms in total. The Labute approximate surface area is 74.6 Å². The Morgan fingerprint density at radius 1 is 1.00 bits per heavy atom. The third kappa shape index (κ3) is 1.97. The molecule has 0 atom stereocenters. The van der Waals surface area contributed by atoms with Crippen LogP contribution in [0.5, 0.6) is 0 Å². The fraction of sp³-hybridized carbons (Fsp3) is 1.00. The van der Waals surface area contributed by atoms with E-state index < -0.39 is 5.79 Å². The molecule has 0 bridgehead atoms. The fourth-order valence-corrected chi connectivity index (χ4v) is 1.00. The summed E-state index contributed by atoms with van der Waals surface area (Å²) in [6, 6.07) is 0. The summed E-state index contributed by atoms with van der Waals surface area (Å²) in [5.74, 6) is -0.407. The second-order valence-corrected chi connectivity index (χ2v) is 4.37. The van der Waals surface area contributed by atoms with Crippen molar-refractivity contribution < 1.29 is 9.47 Å². The van der Waals surface area contributed by atoms with Gasteiger partial charge in [0.05, 0.1) is 18.8 Å². The van der Waals surface area contributed by atoms with Crippen LogP contribution in [0.1, 0.15) is 20.8 Å². The molecule has 0 aromatic carbocycles. The lowest BCUT2D eigenvalue weighted by Gasteiger charge is -2.44. The van der Waals surface area contributed by atoms with Crippen LogP contribution in [0.15, 0.2) is 0 Å². The average Bonchev–Trinajstić information content (AvgIpc) is 1.96. The topological polar surface area (TPSA) is 21.7 Å². The molecule has 0 N–H and O–H groups in total. The lowest BCUT2D eigenvalue weighted by Crippen LogP contribution is -2.56. The molecule has 0 aromatic rings. The highest BCUT2D eigenvalue weighted by atomic mass is 16.7. The van der Waals surface area contributed by atoms with Crippen LogP contribution in [-0.4, -0.2) is 43.5 Å². The van der Waals surface area contributed by atoms with Crippen LogP contribution in [0, 0.1) is 0 Å². The summed E-state index contributed by atoms with van der Waals surface area (Å²) in [4.78, 5) is 2.14. The first-order valence-electron chi connectivity index (χ1n) is 4.31. The minimum absolute atomic E-state index is 0.0233. The molecule has 12 heavy (non-hydrogen) atoms. The Balaban J connectivity index is 2.55. The van der Waals surface area contributed by atoms with E-state index in [0.717, 1.165) is 13.2 Å². The predicted octanol–water partition coefficient (Wildman–Crippen LogP) is 1.09. The number of rotatable bonds is 1. The Kier molecular flexibility index (Phi) is 2.47. The fourth-order valence-electron chi connectivity index (χ4n) is 1.00. The molecule has 0 amide bonds. The first-order valence-corrected chi connectivity index (χ1v) is 4.31. The van der Waals surface area contributed by atoms with E-state index in [0.29, 0.717) is 0 Å². The van der Waals surface area contributed by atoms with Crippen molar-refractivity contribution in [2.45, 2.75) is 32.1 Å². The zero-order valence-electron chi connectivity index (χ0n) is 8.68. The van der Waals surface area contributed by atoms with Gasteiger partial charge in [0.2, 0.25) is 0 Å². The molecule has 0 spiro atoms. The molecule has 72 valence electrons. The number of likely N-dealkylation sites (N-methyl/N-ethyl adjacent to an activating group) is 1. The van der Waals surface area contributed by atoms with E-state index >= 15 is 0 Å².